The van der Waals surface area contributed by atoms with E-state index in [1.54, 1.807) is 4.40 Å². The fourth-order valence-electron chi connectivity index (χ4n) is 2.94. The molecule has 0 radical (unpaired) electrons. The Balaban J connectivity index is 1.71. The molecule has 128 valence electrons. The van der Waals surface area contributed by atoms with E-state index in [1.165, 1.54) is 11.3 Å². The van der Waals surface area contributed by atoms with Gasteiger partial charge in [-0.1, -0.05) is 35.6 Å². The lowest BCUT2D eigenvalue weighted by molar-refractivity contribution is 0.905. The SMILES string of the molecule is CN(CCC#N)c1ccc(/C=c2/sc3nc4ccccc4n3c2=O)cc1. The van der Waals surface area contributed by atoms with Crippen LogP contribution in [0.2, 0.25) is 0 Å². The maximum Gasteiger partial charge on any atom is 0.274 e. The third kappa shape index (κ3) is 2.83. The fourth-order valence-corrected chi connectivity index (χ4v) is 3.92. The van der Waals surface area contributed by atoms with Crippen LogP contribution in [0, 0.1) is 11.3 Å². The van der Waals surface area contributed by atoms with Gasteiger partial charge in [-0.15, -0.1) is 0 Å². The molecule has 26 heavy (non-hydrogen) atoms. The van der Waals surface area contributed by atoms with Crippen LogP contribution in [0.1, 0.15) is 12.0 Å². The van der Waals surface area contributed by atoms with Crippen LogP contribution in [0.3, 0.4) is 0 Å². The van der Waals surface area contributed by atoms with Gasteiger partial charge in [-0.25, -0.2) is 9.38 Å². The zero-order valence-electron chi connectivity index (χ0n) is 14.2. The van der Waals surface area contributed by atoms with E-state index in [0.29, 0.717) is 17.5 Å². The lowest BCUT2D eigenvalue weighted by Crippen LogP contribution is -2.22. The monoisotopic (exact) mass is 360 g/mol. The minimum atomic E-state index is -0.0334. The standard InChI is InChI=1S/C20H16N4OS/c1-23(12-4-11-21)15-9-7-14(8-10-15)13-18-19(25)24-17-6-3-2-5-16(17)22-20(24)26-18/h2-3,5-10,13H,4,12H2,1H3/b18-13+. The van der Waals surface area contributed by atoms with Gasteiger partial charge >= 0.3 is 0 Å². The third-order valence-corrected chi connectivity index (χ3v) is 5.30. The first-order valence-corrected chi connectivity index (χ1v) is 9.09. The highest BCUT2D eigenvalue weighted by molar-refractivity contribution is 7.15. The summed E-state index contributed by atoms with van der Waals surface area (Å²) in [6.07, 6.45) is 2.39. The second kappa shape index (κ2) is 6.62. The maximum absolute atomic E-state index is 12.8. The number of anilines is 1. The van der Waals surface area contributed by atoms with Crippen molar-refractivity contribution in [1.82, 2.24) is 9.38 Å². The van der Waals surface area contributed by atoms with Crippen LogP contribution in [-0.4, -0.2) is 23.0 Å². The van der Waals surface area contributed by atoms with Gasteiger partial charge in [0.25, 0.3) is 5.56 Å². The highest BCUT2D eigenvalue weighted by atomic mass is 32.1. The highest BCUT2D eigenvalue weighted by Crippen LogP contribution is 2.17. The number of nitrogens with zero attached hydrogens (tertiary/aromatic N) is 4. The van der Waals surface area contributed by atoms with Crippen LogP contribution in [0.25, 0.3) is 22.1 Å². The van der Waals surface area contributed by atoms with Crippen molar-refractivity contribution in [3.63, 3.8) is 0 Å². The molecular formula is C20H16N4OS. The molecule has 2 heterocycles. The molecule has 0 atom stereocenters. The normalized spacial score (nSPS) is 11.9. The Labute approximate surface area is 154 Å². The van der Waals surface area contributed by atoms with Crippen molar-refractivity contribution in [3.05, 3.63) is 69.0 Å². The van der Waals surface area contributed by atoms with Gasteiger partial charge in [0.15, 0.2) is 4.96 Å². The topological polar surface area (TPSA) is 61.4 Å². The molecule has 0 aliphatic carbocycles. The number of benzene rings is 2. The van der Waals surface area contributed by atoms with E-state index in [9.17, 15) is 4.79 Å². The molecular weight excluding hydrogens is 344 g/mol. The Morgan fingerprint density at radius 3 is 2.77 bits per heavy atom. The van der Waals surface area contributed by atoms with Crippen LogP contribution in [-0.2, 0) is 0 Å². The van der Waals surface area contributed by atoms with E-state index in [2.05, 4.69) is 11.1 Å². The van der Waals surface area contributed by atoms with Gasteiger partial charge in [0.1, 0.15) is 0 Å². The van der Waals surface area contributed by atoms with Crippen molar-refractivity contribution in [3.8, 4) is 6.07 Å². The Kier molecular flexibility index (Phi) is 4.15. The number of rotatable bonds is 4. The lowest BCUT2D eigenvalue weighted by Gasteiger charge is -2.17. The number of para-hydroxylation sites is 2. The number of thiazole rings is 1. The van der Waals surface area contributed by atoms with Crippen LogP contribution in [0.4, 0.5) is 5.69 Å². The molecule has 0 N–H and O–H groups in total. The molecule has 6 heteroatoms. The number of hydrogen-bond acceptors (Lipinski definition) is 5. The second-order valence-electron chi connectivity index (χ2n) is 6.06. The van der Waals surface area contributed by atoms with Crippen molar-refractivity contribution in [2.24, 2.45) is 0 Å². The zero-order chi connectivity index (χ0) is 18.1. The number of fused-ring (bicyclic) bond motifs is 3. The molecule has 0 fully saturated rings. The summed E-state index contributed by atoms with van der Waals surface area (Å²) in [6, 6.07) is 17.8. The van der Waals surface area contributed by atoms with Gasteiger partial charge in [0.05, 0.1) is 28.1 Å². The summed E-state index contributed by atoms with van der Waals surface area (Å²) >= 11 is 1.40. The van der Waals surface area contributed by atoms with Gasteiger partial charge in [-0.3, -0.25) is 4.79 Å². The van der Waals surface area contributed by atoms with Crippen molar-refractivity contribution < 1.29 is 0 Å². The first-order chi connectivity index (χ1) is 12.7. The molecule has 4 aromatic rings. The Bertz CT molecular complexity index is 1230. The summed E-state index contributed by atoms with van der Waals surface area (Å²) in [7, 11) is 1.96. The molecule has 0 unspecified atom stereocenters. The summed E-state index contributed by atoms with van der Waals surface area (Å²) in [5.41, 5.74) is 3.67. The van der Waals surface area contributed by atoms with Crippen molar-refractivity contribution >= 4 is 39.1 Å². The fraction of sp³-hybridized carbons (Fsp3) is 0.150. The Hall–Kier alpha value is -3.17. The largest absolute Gasteiger partial charge is 0.374 e. The van der Waals surface area contributed by atoms with Crippen molar-refractivity contribution in [2.75, 3.05) is 18.5 Å². The minimum Gasteiger partial charge on any atom is -0.374 e. The maximum atomic E-state index is 12.8. The van der Waals surface area contributed by atoms with Gasteiger partial charge in [0, 0.05) is 19.3 Å². The first-order valence-electron chi connectivity index (χ1n) is 8.27. The van der Waals surface area contributed by atoms with E-state index in [4.69, 9.17) is 5.26 Å². The third-order valence-electron chi connectivity index (χ3n) is 4.34. The zero-order valence-corrected chi connectivity index (χ0v) is 15.0. The summed E-state index contributed by atoms with van der Waals surface area (Å²) < 4.78 is 2.35. The van der Waals surface area contributed by atoms with Crippen molar-refractivity contribution in [2.45, 2.75) is 6.42 Å². The molecule has 4 rings (SSSR count). The first kappa shape index (κ1) is 16.3. The molecule has 0 saturated carbocycles. The van der Waals surface area contributed by atoms with Crippen molar-refractivity contribution in [1.29, 1.82) is 5.26 Å². The lowest BCUT2D eigenvalue weighted by atomic mass is 10.2. The molecule has 0 amide bonds. The Morgan fingerprint density at radius 1 is 1.23 bits per heavy atom. The van der Waals surface area contributed by atoms with E-state index in [-0.39, 0.29) is 5.56 Å². The van der Waals surface area contributed by atoms with E-state index in [1.807, 2.05) is 66.6 Å². The predicted octanol–water partition coefficient (Wildman–Crippen LogP) is 2.81. The number of hydrogen-bond donors (Lipinski definition) is 0. The van der Waals surface area contributed by atoms with E-state index in [0.717, 1.165) is 27.2 Å². The molecule has 2 aromatic carbocycles. The molecule has 0 aliphatic rings. The summed E-state index contributed by atoms with van der Waals surface area (Å²) in [5.74, 6) is 0. The van der Waals surface area contributed by atoms with Gasteiger partial charge in [0.2, 0.25) is 0 Å². The number of nitriles is 1. The Morgan fingerprint density at radius 2 is 2.00 bits per heavy atom. The molecule has 0 bridgehead atoms. The van der Waals surface area contributed by atoms with Gasteiger partial charge < -0.3 is 4.90 Å². The smallest absolute Gasteiger partial charge is 0.274 e. The van der Waals surface area contributed by atoms with E-state index < -0.39 is 0 Å². The summed E-state index contributed by atoms with van der Waals surface area (Å²) in [6.45, 7) is 0.694. The minimum absolute atomic E-state index is 0.0334. The van der Waals surface area contributed by atoms with E-state index >= 15 is 0 Å². The molecule has 0 saturated heterocycles. The molecule has 0 spiro atoms. The summed E-state index contributed by atoms with van der Waals surface area (Å²) in [4.78, 5) is 20.1. The number of imidazole rings is 1. The van der Waals surface area contributed by atoms with Crippen LogP contribution < -0.4 is 15.0 Å². The molecule has 0 aliphatic heterocycles. The average Bonchev–Trinajstić information content (AvgIpc) is 3.17. The summed E-state index contributed by atoms with van der Waals surface area (Å²) in [5, 5.41) is 8.69. The molecule has 5 nitrogen and oxygen atoms in total. The second-order valence-corrected chi connectivity index (χ2v) is 7.06. The van der Waals surface area contributed by atoms with Crippen LogP contribution >= 0.6 is 11.3 Å². The van der Waals surface area contributed by atoms with Gasteiger partial charge in [-0.2, -0.15) is 5.26 Å². The predicted molar refractivity (Wildman–Crippen MR) is 106 cm³/mol. The molecule has 2 aromatic heterocycles. The average molecular weight is 360 g/mol. The van der Waals surface area contributed by atoms with Crippen LogP contribution in [0.15, 0.2) is 53.3 Å². The number of aromatic nitrogens is 2. The highest BCUT2D eigenvalue weighted by Gasteiger charge is 2.10. The quantitative estimate of drug-likeness (QED) is 0.561. The van der Waals surface area contributed by atoms with Gasteiger partial charge in [-0.05, 0) is 35.9 Å². The van der Waals surface area contributed by atoms with Crippen LogP contribution in [0.5, 0.6) is 0 Å².